The number of hydrogen-bond acceptors (Lipinski definition) is 3. The van der Waals surface area contributed by atoms with Crippen LogP contribution in [-0.4, -0.2) is 37.0 Å². The minimum Gasteiger partial charge on any atom is -0.301 e. The molecule has 6 heteroatoms. The second kappa shape index (κ2) is 3.21. The first kappa shape index (κ1) is 8.86. The topological polar surface area (TPSA) is 58.4 Å². The van der Waals surface area contributed by atoms with Gasteiger partial charge in [0.05, 0.1) is 12.2 Å². The van der Waals surface area contributed by atoms with Gasteiger partial charge in [0.25, 0.3) is 0 Å². The van der Waals surface area contributed by atoms with Crippen LogP contribution in [0.3, 0.4) is 0 Å². The molecule has 1 aliphatic rings. The summed E-state index contributed by atoms with van der Waals surface area (Å²) in [6.07, 6.45) is 0. The quantitative estimate of drug-likeness (QED) is 0.645. The zero-order valence-corrected chi connectivity index (χ0v) is 8.12. The molecule has 0 aliphatic carbocycles. The van der Waals surface area contributed by atoms with Crippen LogP contribution in [0, 0.1) is 0 Å². The van der Waals surface area contributed by atoms with E-state index in [-0.39, 0.29) is 5.03 Å². The van der Waals surface area contributed by atoms with Gasteiger partial charge in [0, 0.05) is 13.1 Å². The van der Waals surface area contributed by atoms with Crippen molar-refractivity contribution in [1.29, 1.82) is 0 Å². The molecule has 0 spiro atoms. The molecule has 0 fully saturated rings. The Bertz CT molecular complexity index is 350. The number of rotatable bonds is 1. The average molecular weight is 201 g/mol. The molecule has 0 saturated heterocycles. The fourth-order valence-electron chi connectivity index (χ4n) is 1.46. The predicted octanol–water partition coefficient (Wildman–Crippen LogP) is -0.0909. The Kier molecular flexibility index (Phi) is 2.19. The van der Waals surface area contributed by atoms with E-state index in [4.69, 9.17) is 4.55 Å². The number of nitrogens with zero attached hydrogens (tertiary/aromatic N) is 3. The van der Waals surface area contributed by atoms with Crippen molar-refractivity contribution in [2.24, 2.45) is 0 Å². The maximum absolute atomic E-state index is 10.7. The SMILES string of the molecule is CN1CCn2nc(S(=O)O)cc2C1. The summed E-state index contributed by atoms with van der Waals surface area (Å²) in [7, 11) is 2.02. The van der Waals surface area contributed by atoms with Gasteiger partial charge in [-0.15, -0.1) is 0 Å². The summed E-state index contributed by atoms with van der Waals surface area (Å²) in [5.41, 5.74) is 1.01. The molecule has 1 aromatic heterocycles. The molecule has 0 aromatic carbocycles. The van der Waals surface area contributed by atoms with Gasteiger partial charge < -0.3 is 4.55 Å². The third kappa shape index (κ3) is 1.65. The van der Waals surface area contributed by atoms with Crippen molar-refractivity contribution < 1.29 is 8.76 Å². The summed E-state index contributed by atoms with van der Waals surface area (Å²) in [5.74, 6) is 0. The number of fused-ring (bicyclic) bond motifs is 1. The fraction of sp³-hybridized carbons (Fsp3) is 0.571. The lowest BCUT2D eigenvalue weighted by Crippen LogP contribution is -2.30. The molecule has 1 N–H and O–H groups in total. The zero-order valence-electron chi connectivity index (χ0n) is 7.30. The molecular weight excluding hydrogens is 190 g/mol. The monoisotopic (exact) mass is 201 g/mol. The highest BCUT2D eigenvalue weighted by atomic mass is 32.2. The van der Waals surface area contributed by atoms with Crippen LogP contribution in [0.4, 0.5) is 0 Å². The molecule has 0 bridgehead atoms. The second-order valence-electron chi connectivity index (χ2n) is 3.18. The molecule has 72 valence electrons. The lowest BCUT2D eigenvalue weighted by Gasteiger charge is -2.22. The van der Waals surface area contributed by atoms with E-state index in [1.54, 1.807) is 10.7 Å². The average Bonchev–Trinajstić information content (AvgIpc) is 2.46. The summed E-state index contributed by atoms with van der Waals surface area (Å²) in [5, 5.41) is 4.28. The van der Waals surface area contributed by atoms with E-state index in [1.165, 1.54) is 0 Å². The van der Waals surface area contributed by atoms with Crippen LogP contribution in [0.25, 0.3) is 0 Å². The van der Waals surface area contributed by atoms with Gasteiger partial charge in [-0.2, -0.15) is 5.10 Å². The number of aromatic nitrogens is 2. The molecule has 1 unspecified atom stereocenters. The van der Waals surface area contributed by atoms with Crippen LogP contribution < -0.4 is 0 Å². The highest BCUT2D eigenvalue weighted by Gasteiger charge is 2.17. The molecule has 0 amide bonds. The second-order valence-corrected chi connectivity index (χ2v) is 4.10. The van der Waals surface area contributed by atoms with Crippen molar-refractivity contribution in [1.82, 2.24) is 14.7 Å². The molecule has 0 saturated carbocycles. The van der Waals surface area contributed by atoms with Crippen LogP contribution in [0.2, 0.25) is 0 Å². The van der Waals surface area contributed by atoms with Crippen LogP contribution in [-0.2, 0) is 24.2 Å². The van der Waals surface area contributed by atoms with Crippen LogP contribution in [0.5, 0.6) is 0 Å². The first-order valence-electron chi connectivity index (χ1n) is 4.03. The molecular formula is C7H11N3O2S. The van der Waals surface area contributed by atoms with Crippen molar-refractivity contribution >= 4 is 11.1 Å². The number of hydrogen-bond donors (Lipinski definition) is 1. The maximum Gasteiger partial charge on any atom is 0.207 e. The number of likely N-dealkylation sites (N-methyl/N-ethyl adjacent to an activating group) is 1. The van der Waals surface area contributed by atoms with Gasteiger partial charge in [-0.3, -0.25) is 9.58 Å². The summed E-state index contributed by atoms with van der Waals surface area (Å²) in [4.78, 5) is 2.15. The standard InChI is InChI=1S/C7H11N3O2S/c1-9-2-3-10-6(5-9)4-7(8-10)13(11)12/h4H,2-3,5H2,1H3,(H,11,12). The van der Waals surface area contributed by atoms with E-state index in [2.05, 4.69) is 10.00 Å². The van der Waals surface area contributed by atoms with E-state index < -0.39 is 11.1 Å². The summed E-state index contributed by atoms with van der Waals surface area (Å²) < 4.78 is 21.3. The molecule has 0 radical (unpaired) electrons. The first-order valence-corrected chi connectivity index (χ1v) is 5.13. The van der Waals surface area contributed by atoms with Gasteiger partial charge >= 0.3 is 0 Å². The van der Waals surface area contributed by atoms with Crippen molar-refractivity contribution in [3.05, 3.63) is 11.8 Å². The molecule has 2 heterocycles. The molecule has 13 heavy (non-hydrogen) atoms. The van der Waals surface area contributed by atoms with Crippen molar-refractivity contribution in [2.45, 2.75) is 18.1 Å². The molecule has 1 atom stereocenters. The lowest BCUT2D eigenvalue weighted by atomic mass is 10.3. The van der Waals surface area contributed by atoms with Crippen molar-refractivity contribution in [2.75, 3.05) is 13.6 Å². The van der Waals surface area contributed by atoms with Gasteiger partial charge in [-0.1, -0.05) is 0 Å². The minimum absolute atomic E-state index is 0.255. The Morgan fingerprint density at radius 1 is 1.62 bits per heavy atom. The molecule has 1 aromatic rings. The van der Waals surface area contributed by atoms with E-state index in [0.29, 0.717) is 0 Å². The summed E-state index contributed by atoms with van der Waals surface area (Å²) >= 11 is -1.96. The van der Waals surface area contributed by atoms with E-state index >= 15 is 0 Å². The van der Waals surface area contributed by atoms with Gasteiger partial charge in [-0.05, 0) is 13.1 Å². The van der Waals surface area contributed by atoms with Gasteiger partial charge in [0.15, 0.2) is 5.03 Å². The Morgan fingerprint density at radius 2 is 2.38 bits per heavy atom. The summed E-state index contributed by atoms with van der Waals surface area (Å²) in [6, 6.07) is 1.69. The Morgan fingerprint density at radius 3 is 3.08 bits per heavy atom. The normalized spacial score (nSPS) is 19.8. The Hall–Kier alpha value is -0.720. The summed E-state index contributed by atoms with van der Waals surface area (Å²) in [6.45, 7) is 2.53. The molecule has 1 aliphatic heterocycles. The largest absolute Gasteiger partial charge is 0.301 e. The third-order valence-electron chi connectivity index (χ3n) is 2.15. The van der Waals surface area contributed by atoms with Gasteiger partial charge in [0.1, 0.15) is 0 Å². The zero-order chi connectivity index (χ0) is 9.42. The Labute approximate surface area is 78.6 Å². The van der Waals surface area contributed by atoms with Crippen LogP contribution >= 0.6 is 0 Å². The van der Waals surface area contributed by atoms with Crippen LogP contribution in [0.15, 0.2) is 11.1 Å². The smallest absolute Gasteiger partial charge is 0.207 e. The Balaban J connectivity index is 2.33. The fourth-order valence-corrected chi connectivity index (χ4v) is 1.86. The minimum atomic E-state index is -1.96. The van der Waals surface area contributed by atoms with E-state index in [0.717, 1.165) is 25.3 Å². The third-order valence-corrected chi connectivity index (χ3v) is 2.70. The van der Waals surface area contributed by atoms with Crippen molar-refractivity contribution in [3.8, 4) is 0 Å². The maximum atomic E-state index is 10.7. The highest BCUT2D eigenvalue weighted by molar-refractivity contribution is 7.79. The van der Waals surface area contributed by atoms with Gasteiger partial charge in [-0.25, -0.2) is 4.21 Å². The van der Waals surface area contributed by atoms with Crippen molar-refractivity contribution in [3.63, 3.8) is 0 Å². The van der Waals surface area contributed by atoms with Gasteiger partial charge in [0.2, 0.25) is 11.1 Å². The predicted molar refractivity (Wildman–Crippen MR) is 47.6 cm³/mol. The molecule has 5 nitrogen and oxygen atoms in total. The highest BCUT2D eigenvalue weighted by Crippen LogP contribution is 2.13. The van der Waals surface area contributed by atoms with E-state index in [9.17, 15) is 4.21 Å². The lowest BCUT2D eigenvalue weighted by molar-refractivity contribution is 0.258. The van der Waals surface area contributed by atoms with Crippen LogP contribution in [0.1, 0.15) is 5.69 Å². The molecule has 2 rings (SSSR count). The van der Waals surface area contributed by atoms with E-state index in [1.807, 2.05) is 7.05 Å². The first-order chi connectivity index (χ1) is 6.16.